The van der Waals surface area contributed by atoms with E-state index in [-0.39, 0.29) is 24.8 Å². The van der Waals surface area contributed by atoms with E-state index in [1.54, 1.807) is 48.5 Å². The molecule has 1 aliphatic heterocycles. The van der Waals surface area contributed by atoms with Crippen molar-refractivity contribution in [3.8, 4) is 11.5 Å². The molecule has 3 aromatic carbocycles. The first-order chi connectivity index (χ1) is 16.2. The van der Waals surface area contributed by atoms with Gasteiger partial charge in [0.1, 0.15) is 0 Å². The maximum Gasteiger partial charge on any atom is 0.243 e. The summed E-state index contributed by atoms with van der Waals surface area (Å²) in [5.41, 5.74) is 2.13. The summed E-state index contributed by atoms with van der Waals surface area (Å²) in [5, 5.41) is 3.39. The molecule has 1 heterocycles. The maximum atomic E-state index is 13.4. The molecular weight excluding hydrogens is 499 g/mol. The zero-order valence-corrected chi connectivity index (χ0v) is 20.6. The zero-order valence-electron chi connectivity index (χ0n) is 18.3. The van der Waals surface area contributed by atoms with Crippen molar-refractivity contribution in [1.29, 1.82) is 0 Å². The average molecular weight is 521 g/mol. The SMILES string of the molecule is Cc1ccc(S(=O)(=O)N(CC(=O)NCc2ccc3c(c2)OCO3)Cc2c(Cl)cccc2Cl)cc1. The van der Waals surface area contributed by atoms with Crippen LogP contribution in [0.5, 0.6) is 11.5 Å². The number of fused-ring (bicyclic) bond motifs is 1. The van der Waals surface area contributed by atoms with Crippen LogP contribution in [0.3, 0.4) is 0 Å². The van der Waals surface area contributed by atoms with Crippen LogP contribution in [0.1, 0.15) is 16.7 Å². The molecule has 0 atom stereocenters. The van der Waals surface area contributed by atoms with Crippen molar-refractivity contribution >= 4 is 39.1 Å². The van der Waals surface area contributed by atoms with Gasteiger partial charge in [0, 0.05) is 28.7 Å². The fourth-order valence-electron chi connectivity index (χ4n) is 3.41. The average Bonchev–Trinajstić information content (AvgIpc) is 3.27. The molecular formula is C24H22Cl2N2O5S. The van der Waals surface area contributed by atoms with E-state index in [2.05, 4.69) is 5.32 Å². The highest BCUT2D eigenvalue weighted by molar-refractivity contribution is 7.89. The quantitative estimate of drug-likeness (QED) is 0.471. The molecule has 10 heteroatoms. The predicted molar refractivity (Wildman–Crippen MR) is 130 cm³/mol. The van der Waals surface area contributed by atoms with Crippen molar-refractivity contribution in [3.05, 3.63) is 87.4 Å². The van der Waals surface area contributed by atoms with E-state index in [0.717, 1.165) is 15.4 Å². The number of aryl methyl sites for hydroxylation is 1. The summed E-state index contributed by atoms with van der Waals surface area (Å²) in [5.74, 6) is 0.766. The lowest BCUT2D eigenvalue weighted by atomic mass is 10.2. The monoisotopic (exact) mass is 520 g/mol. The molecule has 0 bridgehead atoms. The van der Waals surface area contributed by atoms with Gasteiger partial charge in [-0.1, -0.05) is 53.0 Å². The summed E-state index contributed by atoms with van der Waals surface area (Å²) in [6, 6.07) is 16.7. The Kier molecular flexibility index (Phi) is 7.33. The molecule has 3 aromatic rings. The first kappa shape index (κ1) is 24.3. The molecule has 34 heavy (non-hydrogen) atoms. The number of ether oxygens (including phenoxy) is 2. The van der Waals surface area contributed by atoms with Gasteiger partial charge in [-0.05, 0) is 48.9 Å². The van der Waals surface area contributed by atoms with Crippen LogP contribution in [-0.2, 0) is 27.9 Å². The Bertz CT molecular complexity index is 1290. The van der Waals surface area contributed by atoms with Gasteiger partial charge in [-0.2, -0.15) is 4.31 Å². The van der Waals surface area contributed by atoms with Gasteiger partial charge in [0.15, 0.2) is 11.5 Å². The van der Waals surface area contributed by atoms with Crippen molar-refractivity contribution in [2.75, 3.05) is 13.3 Å². The van der Waals surface area contributed by atoms with Crippen LogP contribution in [0.2, 0.25) is 10.0 Å². The van der Waals surface area contributed by atoms with Crippen molar-refractivity contribution < 1.29 is 22.7 Å². The molecule has 0 radical (unpaired) electrons. The second-order valence-electron chi connectivity index (χ2n) is 7.75. The van der Waals surface area contributed by atoms with Crippen LogP contribution in [0.25, 0.3) is 0 Å². The normalized spacial score (nSPS) is 12.7. The zero-order chi connectivity index (χ0) is 24.3. The number of hydrogen-bond donors (Lipinski definition) is 1. The minimum atomic E-state index is -4.02. The van der Waals surface area contributed by atoms with Crippen LogP contribution in [-0.4, -0.2) is 32.0 Å². The molecule has 1 aliphatic rings. The molecule has 4 rings (SSSR count). The Labute approximate surface area is 208 Å². The Balaban J connectivity index is 1.54. The first-order valence-electron chi connectivity index (χ1n) is 10.4. The Morgan fingerprint density at radius 3 is 2.38 bits per heavy atom. The van der Waals surface area contributed by atoms with Gasteiger partial charge < -0.3 is 14.8 Å². The van der Waals surface area contributed by atoms with Crippen LogP contribution < -0.4 is 14.8 Å². The van der Waals surface area contributed by atoms with E-state index < -0.39 is 22.5 Å². The molecule has 7 nitrogen and oxygen atoms in total. The van der Waals surface area contributed by atoms with E-state index in [0.29, 0.717) is 27.1 Å². The molecule has 0 aliphatic carbocycles. The van der Waals surface area contributed by atoms with Crippen LogP contribution in [0.4, 0.5) is 0 Å². The fourth-order valence-corrected chi connectivity index (χ4v) is 5.29. The number of hydrogen-bond acceptors (Lipinski definition) is 5. The van der Waals surface area contributed by atoms with E-state index in [1.165, 1.54) is 12.1 Å². The van der Waals surface area contributed by atoms with E-state index in [9.17, 15) is 13.2 Å². The number of nitrogens with zero attached hydrogens (tertiary/aromatic N) is 1. The lowest BCUT2D eigenvalue weighted by Crippen LogP contribution is -2.40. The molecule has 1 N–H and O–H groups in total. The van der Waals surface area contributed by atoms with Gasteiger partial charge in [0.2, 0.25) is 22.7 Å². The summed E-state index contributed by atoms with van der Waals surface area (Å²) >= 11 is 12.6. The van der Waals surface area contributed by atoms with Gasteiger partial charge in [0.05, 0.1) is 11.4 Å². The summed E-state index contributed by atoms with van der Waals surface area (Å²) in [6.45, 7) is 1.64. The molecule has 0 spiro atoms. The number of halogens is 2. The number of rotatable bonds is 8. The molecule has 1 amide bonds. The molecule has 0 aromatic heterocycles. The third kappa shape index (κ3) is 5.47. The minimum Gasteiger partial charge on any atom is -0.454 e. The second kappa shape index (κ2) is 10.2. The predicted octanol–water partition coefficient (Wildman–Crippen LogP) is 4.54. The highest BCUT2D eigenvalue weighted by atomic mass is 35.5. The highest BCUT2D eigenvalue weighted by Crippen LogP contribution is 2.32. The van der Waals surface area contributed by atoms with Crippen molar-refractivity contribution in [2.45, 2.75) is 24.9 Å². The van der Waals surface area contributed by atoms with Gasteiger partial charge in [-0.3, -0.25) is 4.79 Å². The second-order valence-corrected chi connectivity index (χ2v) is 10.5. The summed E-state index contributed by atoms with van der Waals surface area (Å²) < 4.78 is 38.6. The fraction of sp³-hybridized carbons (Fsp3) is 0.208. The number of sulfonamides is 1. The van der Waals surface area contributed by atoms with E-state index in [4.69, 9.17) is 32.7 Å². The molecule has 178 valence electrons. The minimum absolute atomic E-state index is 0.0739. The molecule has 0 fully saturated rings. The third-order valence-electron chi connectivity index (χ3n) is 5.30. The molecule has 0 saturated heterocycles. The van der Waals surface area contributed by atoms with Gasteiger partial charge in [-0.15, -0.1) is 0 Å². The number of amides is 1. The largest absolute Gasteiger partial charge is 0.454 e. The van der Waals surface area contributed by atoms with Gasteiger partial charge in [0.25, 0.3) is 0 Å². The number of carbonyl (C=O) groups excluding carboxylic acids is 1. The molecule has 0 unspecified atom stereocenters. The molecule has 0 saturated carbocycles. The number of carbonyl (C=O) groups is 1. The van der Waals surface area contributed by atoms with Crippen molar-refractivity contribution in [3.63, 3.8) is 0 Å². The third-order valence-corrected chi connectivity index (χ3v) is 7.82. The van der Waals surface area contributed by atoms with Crippen LogP contribution >= 0.6 is 23.2 Å². The topological polar surface area (TPSA) is 84.9 Å². The first-order valence-corrected chi connectivity index (χ1v) is 12.6. The van der Waals surface area contributed by atoms with E-state index in [1.807, 2.05) is 6.92 Å². The lowest BCUT2D eigenvalue weighted by molar-refractivity contribution is -0.121. The van der Waals surface area contributed by atoms with Gasteiger partial charge >= 0.3 is 0 Å². The Morgan fingerprint density at radius 1 is 1.00 bits per heavy atom. The van der Waals surface area contributed by atoms with Crippen LogP contribution in [0, 0.1) is 6.92 Å². The van der Waals surface area contributed by atoms with Crippen molar-refractivity contribution in [1.82, 2.24) is 9.62 Å². The number of benzene rings is 3. The van der Waals surface area contributed by atoms with Gasteiger partial charge in [-0.25, -0.2) is 8.42 Å². The number of nitrogens with one attached hydrogen (secondary N) is 1. The maximum absolute atomic E-state index is 13.4. The Hall–Kier alpha value is -2.78. The van der Waals surface area contributed by atoms with E-state index >= 15 is 0 Å². The van der Waals surface area contributed by atoms with Crippen LogP contribution in [0.15, 0.2) is 65.6 Å². The summed E-state index contributed by atoms with van der Waals surface area (Å²) in [4.78, 5) is 12.9. The summed E-state index contributed by atoms with van der Waals surface area (Å²) in [6.07, 6.45) is 0. The smallest absolute Gasteiger partial charge is 0.243 e. The highest BCUT2D eigenvalue weighted by Gasteiger charge is 2.28. The standard InChI is InChI=1S/C24H22Cl2N2O5S/c1-16-5-8-18(9-6-16)34(30,31)28(13-19-20(25)3-2-4-21(19)26)14-24(29)27-12-17-7-10-22-23(11-17)33-15-32-22/h2-11H,12-15H2,1H3,(H,27,29). The summed E-state index contributed by atoms with van der Waals surface area (Å²) in [7, 11) is -4.02. The lowest BCUT2D eigenvalue weighted by Gasteiger charge is -2.23. The van der Waals surface area contributed by atoms with Crippen molar-refractivity contribution in [2.24, 2.45) is 0 Å². The Morgan fingerprint density at radius 2 is 1.68 bits per heavy atom.